The van der Waals surface area contributed by atoms with Gasteiger partial charge in [0.05, 0.1) is 5.60 Å². The molecule has 0 saturated carbocycles. The molecule has 0 bridgehead atoms. The van der Waals surface area contributed by atoms with E-state index in [0.717, 1.165) is 6.61 Å². The van der Waals surface area contributed by atoms with Crippen molar-refractivity contribution in [3.05, 3.63) is 23.2 Å². The van der Waals surface area contributed by atoms with Gasteiger partial charge in [0.1, 0.15) is 0 Å². The van der Waals surface area contributed by atoms with Crippen LogP contribution in [0, 0.1) is 0 Å². The Kier molecular flexibility index (Phi) is 11.9. The Labute approximate surface area is 122 Å². The Bertz CT molecular complexity index is 226. The third-order valence-electron chi connectivity index (χ3n) is 2.62. The first-order chi connectivity index (χ1) is 8.56. The van der Waals surface area contributed by atoms with Gasteiger partial charge in [0.15, 0.2) is 0 Å². The van der Waals surface area contributed by atoms with Gasteiger partial charge < -0.3 is 4.74 Å². The van der Waals surface area contributed by atoms with Crippen molar-refractivity contribution in [1.29, 1.82) is 0 Å². The summed E-state index contributed by atoms with van der Waals surface area (Å²) in [5, 5.41) is 0. The van der Waals surface area contributed by atoms with Crippen molar-refractivity contribution in [3.8, 4) is 0 Å². The van der Waals surface area contributed by atoms with Crippen LogP contribution >= 0.6 is 15.9 Å². The minimum absolute atomic E-state index is 0.0237. The topological polar surface area (TPSA) is 9.23 Å². The summed E-state index contributed by atoms with van der Waals surface area (Å²) in [4.78, 5) is 1.88. The number of rotatable bonds is 10. The quantitative estimate of drug-likeness (QED) is 0.355. The summed E-state index contributed by atoms with van der Waals surface area (Å²) in [5.41, 5.74) is 0.0237. The molecule has 0 fully saturated rings. The lowest BCUT2D eigenvalue weighted by Gasteiger charge is -2.19. The fraction of sp³-hybridized carbons (Fsp3) is 0.750. The highest BCUT2D eigenvalue weighted by Gasteiger charge is 2.08. The lowest BCUT2D eigenvalue weighted by atomic mass is 10.1. The molecule has 0 aliphatic carbocycles. The zero-order valence-electron chi connectivity index (χ0n) is 12.3. The molecule has 0 unspecified atom stereocenters. The first-order valence-corrected chi connectivity index (χ1v) is 8.03. The lowest BCUT2D eigenvalue weighted by molar-refractivity contribution is -0.00474. The van der Waals surface area contributed by atoms with Gasteiger partial charge in [-0.1, -0.05) is 59.8 Å². The van der Waals surface area contributed by atoms with Crippen molar-refractivity contribution in [2.24, 2.45) is 0 Å². The molecular weight excluding hydrogens is 288 g/mol. The number of unbranched alkanes of at least 4 members (excludes halogenated alkanes) is 6. The molecule has 2 heteroatoms. The number of allylic oxidation sites excluding steroid dienone is 3. The number of hydrogen-bond donors (Lipinski definition) is 0. The van der Waals surface area contributed by atoms with Crippen molar-refractivity contribution in [2.75, 3.05) is 6.61 Å². The van der Waals surface area contributed by atoms with E-state index in [1.165, 1.54) is 44.9 Å². The third kappa shape index (κ3) is 15.9. The molecule has 0 aliphatic rings. The van der Waals surface area contributed by atoms with Gasteiger partial charge in [-0.3, -0.25) is 0 Å². The monoisotopic (exact) mass is 316 g/mol. The molecule has 0 aromatic rings. The van der Waals surface area contributed by atoms with E-state index in [1.54, 1.807) is 0 Å². The van der Waals surface area contributed by atoms with Crippen LogP contribution in [0.4, 0.5) is 0 Å². The van der Waals surface area contributed by atoms with E-state index in [2.05, 4.69) is 48.9 Å². The van der Waals surface area contributed by atoms with E-state index in [9.17, 15) is 0 Å². The molecule has 0 heterocycles. The molecule has 0 spiro atoms. The normalized spacial score (nSPS) is 12.9. The summed E-state index contributed by atoms with van der Waals surface area (Å²) in [6, 6.07) is 0. The van der Waals surface area contributed by atoms with Crippen LogP contribution in [0.2, 0.25) is 0 Å². The number of ether oxygens (including phenoxy) is 1. The zero-order chi connectivity index (χ0) is 13.7. The molecule has 0 radical (unpaired) electrons. The second-order valence-electron chi connectivity index (χ2n) is 5.62. The number of hydrogen-bond acceptors (Lipinski definition) is 1. The van der Waals surface area contributed by atoms with Gasteiger partial charge >= 0.3 is 0 Å². The summed E-state index contributed by atoms with van der Waals surface area (Å²) in [6.45, 7) is 7.26. The first-order valence-electron chi connectivity index (χ1n) is 7.12. The predicted octanol–water partition coefficient (Wildman–Crippen LogP) is 6.00. The fourth-order valence-corrected chi connectivity index (χ4v) is 1.84. The fourth-order valence-electron chi connectivity index (χ4n) is 1.67. The van der Waals surface area contributed by atoms with Gasteiger partial charge in [0, 0.05) is 6.61 Å². The van der Waals surface area contributed by atoms with E-state index < -0.39 is 0 Å². The highest BCUT2D eigenvalue weighted by atomic mass is 79.9. The smallest absolute Gasteiger partial charge is 0.0598 e. The van der Waals surface area contributed by atoms with Gasteiger partial charge in [-0.15, -0.1) is 0 Å². The third-order valence-corrected chi connectivity index (χ3v) is 2.93. The molecule has 0 saturated heterocycles. The van der Waals surface area contributed by atoms with Gasteiger partial charge in [0.25, 0.3) is 0 Å². The predicted molar refractivity (Wildman–Crippen MR) is 85.2 cm³/mol. The van der Waals surface area contributed by atoms with Crippen LogP contribution in [0.15, 0.2) is 23.2 Å². The van der Waals surface area contributed by atoms with Crippen LogP contribution in [-0.4, -0.2) is 12.2 Å². The largest absolute Gasteiger partial charge is 0.376 e. The SMILES string of the molecule is CC(C)(C)OCCCCCCCC/C=C/C=C/Br. The van der Waals surface area contributed by atoms with Crippen LogP contribution < -0.4 is 0 Å². The molecule has 18 heavy (non-hydrogen) atoms. The van der Waals surface area contributed by atoms with E-state index >= 15 is 0 Å². The van der Waals surface area contributed by atoms with E-state index in [1.807, 2.05) is 11.1 Å². The Balaban J connectivity index is 3.12. The van der Waals surface area contributed by atoms with Crippen LogP contribution in [0.1, 0.15) is 65.7 Å². The van der Waals surface area contributed by atoms with E-state index in [-0.39, 0.29) is 5.60 Å². The van der Waals surface area contributed by atoms with Crippen LogP contribution in [0.5, 0.6) is 0 Å². The summed E-state index contributed by atoms with van der Waals surface area (Å²) >= 11 is 3.24. The van der Waals surface area contributed by atoms with Gasteiger partial charge in [-0.25, -0.2) is 0 Å². The van der Waals surface area contributed by atoms with Crippen molar-refractivity contribution < 1.29 is 4.74 Å². The molecule has 1 nitrogen and oxygen atoms in total. The molecule has 0 N–H and O–H groups in total. The van der Waals surface area contributed by atoms with Crippen molar-refractivity contribution >= 4 is 15.9 Å². The Hall–Kier alpha value is -0.0800. The van der Waals surface area contributed by atoms with Crippen LogP contribution in [0.3, 0.4) is 0 Å². The summed E-state index contributed by atoms with van der Waals surface area (Å²) < 4.78 is 5.69. The average Bonchev–Trinajstić information content (AvgIpc) is 2.29. The maximum Gasteiger partial charge on any atom is 0.0598 e. The zero-order valence-corrected chi connectivity index (χ0v) is 13.8. The van der Waals surface area contributed by atoms with Crippen molar-refractivity contribution in [3.63, 3.8) is 0 Å². The molecule has 0 aromatic heterocycles. The highest BCUT2D eigenvalue weighted by molar-refractivity contribution is 9.11. The van der Waals surface area contributed by atoms with Gasteiger partial charge in [0.2, 0.25) is 0 Å². The van der Waals surface area contributed by atoms with Gasteiger partial charge in [-0.2, -0.15) is 0 Å². The highest BCUT2D eigenvalue weighted by Crippen LogP contribution is 2.11. The molecule has 0 aliphatic heterocycles. The van der Waals surface area contributed by atoms with Gasteiger partial charge in [-0.05, 0) is 45.0 Å². The Morgan fingerprint density at radius 1 is 0.889 bits per heavy atom. The Morgan fingerprint density at radius 3 is 2.11 bits per heavy atom. The average molecular weight is 317 g/mol. The van der Waals surface area contributed by atoms with Crippen molar-refractivity contribution in [1.82, 2.24) is 0 Å². The minimum Gasteiger partial charge on any atom is -0.376 e. The molecule has 0 rings (SSSR count). The molecule has 0 amide bonds. The maximum atomic E-state index is 5.69. The second kappa shape index (κ2) is 12.0. The standard InChI is InChI=1S/C16H29BrO/c1-16(2,3)18-15-13-11-9-7-5-4-6-8-10-12-14-17/h8,10,12,14H,4-7,9,11,13,15H2,1-3H3/b10-8+,14-12+. The van der Waals surface area contributed by atoms with Crippen LogP contribution in [-0.2, 0) is 4.74 Å². The lowest BCUT2D eigenvalue weighted by Crippen LogP contribution is -2.19. The summed E-state index contributed by atoms with van der Waals surface area (Å²) in [6.07, 6.45) is 15.4. The minimum atomic E-state index is 0.0237. The van der Waals surface area contributed by atoms with Crippen LogP contribution in [0.25, 0.3) is 0 Å². The van der Waals surface area contributed by atoms with E-state index in [4.69, 9.17) is 4.74 Å². The molecule has 0 aromatic carbocycles. The number of halogens is 1. The summed E-state index contributed by atoms with van der Waals surface area (Å²) in [5.74, 6) is 0. The Morgan fingerprint density at radius 2 is 1.50 bits per heavy atom. The second-order valence-corrected chi connectivity index (χ2v) is 6.15. The first kappa shape index (κ1) is 17.9. The van der Waals surface area contributed by atoms with Crippen molar-refractivity contribution in [2.45, 2.75) is 71.3 Å². The molecule has 106 valence electrons. The molecule has 0 atom stereocenters. The maximum absolute atomic E-state index is 5.69. The van der Waals surface area contributed by atoms with E-state index in [0.29, 0.717) is 0 Å². The molecular formula is C16H29BrO. The summed E-state index contributed by atoms with van der Waals surface area (Å²) in [7, 11) is 0.